The lowest BCUT2D eigenvalue weighted by atomic mass is 9.64. The molecule has 0 N–H and O–H groups in total. The Morgan fingerprint density at radius 3 is 2.19 bits per heavy atom. The Labute approximate surface area is 124 Å². The Balaban J connectivity index is 2.09. The number of benzene rings is 1. The van der Waals surface area contributed by atoms with Gasteiger partial charge in [-0.25, -0.2) is 4.39 Å². The Morgan fingerprint density at radius 1 is 1.19 bits per heavy atom. The molecule has 1 aromatic rings. The van der Waals surface area contributed by atoms with Gasteiger partial charge in [-0.3, -0.25) is 9.59 Å². The van der Waals surface area contributed by atoms with Gasteiger partial charge in [0.25, 0.3) is 0 Å². The van der Waals surface area contributed by atoms with Crippen LogP contribution in [0.5, 0.6) is 0 Å². The Morgan fingerprint density at radius 2 is 1.76 bits per heavy atom. The zero-order chi connectivity index (χ0) is 15.7. The van der Waals surface area contributed by atoms with Crippen molar-refractivity contribution in [2.24, 2.45) is 5.41 Å². The smallest absolute Gasteiger partial charge is 0.316 e. The van der Waals surface area contributed by atoms with Crippen LogP contribution in [0.1, 0.15) is 45.6 Å². The SMILES string of the molecule is CC(C)(C)C(=O)COC(=O)C1(c2ccc(F)cc2)CCC1. The molecule has 3 nitrogen and oxygen atoms in total. The normalized spacial score (nSPS) is 17.0. The number of hydrogen-bond acceptors (Lipinski definition) is 3. The summed E-state index contributed by atoms with van der Waals surface area (Å²) in [5.74, 6) is -0.813. The minimum atomic E-state index is -0.703. The second-order valence-electron chi connectivity index (χ2n) is 6.69. The molecule has 0 aliphatic heterocycles. The third-order valence-corrected chi connectivity index (χ3v) is 4.17. The average molecular weight is 292 g/mol. The van der Waals surface area contributed by atoms with E-state index in [1.165, 1.54) is 12.1 Å². The van der Waals surface area contributed by atoms with Crippen LogP contribution in [-0.2, 0) is 19.7 Å². The molecule has 0 radical (unpaired) electrons. The first-order chi connectivity index (χ1) is 9.75. The zero-order valence-corrected chi connectivity index (χ0v) is 12.7. The molecule has 21 heavy (non-hydrogen) atoms. The van der Waals surface area contributed by atoms with Gasteiger partial charge in [0.05, 0.1) is 5.41 Å². The largest absolute Gasteiger partial charge is 0.457 e. The first-order valence-corrected chi connectivity index (χ1v) is 7.22. The van der Waals surface area contributed by atoms with Crippen molar-refractivity contribution < 1.29 is 18.7 Å². The number of ether oxygens (including phenoxy) is 1. The van der Waals surface area contributed by atoms with Crippen molar-refractivity contribution in [2.45, 2.75) is 45.4 Å². The molecule has 0 aromatic heterocycles. The predicted molar refractivity (Wildman–Crippen MR) is 77.4 cm³/mol. The maximum atomic E-state index is 13.0. The maximum absolute atomic E-state index is 13.0. The average Bonchev–Trinajstić information content (AvgIpc) is 2.35. The first kappa shape index (κ1) is 15.7. The molecule has 0 atom stereocenters. The second-order valence-corrected chi connectivity index (χ2v) is 6.69. The van der Waals surface area contributed by atoms with Gasteiger partial charge < -0.3 is 4.74 Å². The summed E-state index contributed by atoms with van der Waals surface area (Å²) in [5.41, 5.74) is -0.460. The zero-order valence-electron chi connectivity index (χ0n) is 12.7. The Kier molecular flexibility index (Phi) is 4.17. The highest BCUT2D eigenvalue weighted by Gasteiger charge is 2.47. The molecular formula is C17H21FO3. The number of rotatable bonds is 4. The van der Waals surface area contributed by atoms with Crippen LogP contribution in [0.25, 0.3) is 0 Å². The van der Waals surface area contributed by atoms with Gasteiger partial charge >= 0.3 is 5.97 Å². The molecule has 0 unspecified atom stereocenters. The second kappa shape index (κ2) is 5.58. The fraction of sp³-hybridized carbons (Fsp3) is 0.529. The molecule has 0 heterocycles. The molecule has 1 aliphatic rings. The van der Waals surface area contributed by atoms with Crippen LogP contribution in [0.15, 0.2) is 24.3 Å². The van der Waals surface area contributed by atoms with Gasteiger partial charge in [0, 0.05) is 5.41 Å². The van der Waals surface area contributed by atoms with E-state index in [1.807, 2.05) is 0 Å². The van der Waals surface area contributed by atoms with Crippen LogP contribution in [0, 0.1) is 11.2 Å². The van der Waals surface area contributed by atoms with Gasteiger partial charge in [-0.1, -0.05) is 39.3 Å². The number of hydrogen-bond donors (Lipinski definition) is 0. The molecule has 114 valence electrons. The van der Waals surface area contributed by atoms with Crippen LogP contribution in [0.4, 0.5) is 4.39 Å². The lowest BCUT2D eigenvalue weighted by Gasteiger charge is -2.39. The van der Waals surface area contributed by atoms with Crippen LogP contribution < -0.4 is 0 Å². The van der Waals surface area contributed by atoms with Crippen LogP contribution >= 0.6 is 0 Å². The van der Waals surface area contributed by atoms with E-state index < -0.39 is 10.8 Å². The van der Waals surface area contributed by atoms with Crippen molar-refractivity contribution in [1.29, 1.82) is 0 Å². The minimum absolute atomic E-state index is 0.107. The Bertz CT molecular complexity index is 536. The highest BCUT2D eigenvalue weighted by atomic mass is 19.1. The van der Waals surface area contributed by atoms with Crippen LogP contribution in [0.3, 0.4) is 0 Å². The highest BCUT2D eigenvalue weighted by Crippen LogP contribution is 2.44. The summed E-state index contributed by atoms with van der Waals surface area (Å²) in [6, 6.07) is 5.95. The molecule has 1 fully saturated rings. The molecule has 0 bridgehead atoms. The predicted octanol–water partition coefficient (Wildman–Crippen LogP) is 3.41. The van der Waals surface area contributed by atoms with Crippen molar-refractivity contribution >= 4 is 11.8 Å². The van der Waals surface area contributed by atoms with E-state index in [0.717, 1.165) is 12.0 Å². The van der Waals surface area contributed by atoms with Crippen molar-refractivity contribution in [3.63, 3.8) is 0 Å². The van der Waals surface area contributed by atoms with Gasteiger partial charge in [0.2, 0.25) is 0 Å². The number of esters is 1. The summed E-state index contributed by atoms with van der Waals surface area (Å²) >= 11 is 0. The van der Waals surface area contributed by atoms with E-state index in [0.29, 0.717) is 12.8 Å². The molecule has 2 rings (SSSR count). The molecule has 4 heteroatoms. The van der Waals surface area contributed by atoms with Crippen LogP contribution in [0.2, 0.25) is 0 Å². The van der Waals surface area contributed by atoms with E-state index in [4.69, 9.17) is 4.74 Å². The molecule has 1 saturated carbocycles. The number of Topliss-reactive ketones (excluding diaryl/α,β-unsaturated/α-hetero) is 1. The van der Waals surface area contributed by atoms with E-state index >= 15 is 0 Å². The van der Waals surface area contributed by atoms with E-state index in [2.05, 4.69) is 0 Å². The maximum Gasteiger partial charge on any atom is 0.316 e. The number of carbonyl (C=O) groups is 2. The van der Waals surface area contributed by atoms with Gasteiger partial charge in [-0.05, 0) is 30.5 Å². The highest BCUT2D eigenvalue weighted by molar-refractivity contribution is 5.89. The Hall–Kier alpha value is -1.71. The van der Waals surface area contributed by atoms with E-state index in [1.54, 1.807) is 32.9 Å². The summed E-state index contributed by atoms with van der Waals surface area (Å²) in [4.78, 5) is 24.3. The lowest BCUT2D eigenvalue weighted by Crippen LogP contribution is -2.44. The summed E-state index contributed by atoms with van der Waals surface area (Å²) in [6.07, 6.45) is 2.29. The third kappa shape index (κ3) is 3.14. The topological polar surface area (TPSA) is 43.4 Å². The molecular weight excluding hydrogens is 271 g/mol. The molecule has 0 amide bonds. The van der Waals surface area contributed by atoms with Crippen molar-refractivity contribution in [3.05, 3.63) is 35.6 Å². The molecule has 0 spiro atoms. The fourth-order valence-electron chi connectivity index (χ4n) is 2.40. The minimum Gasteiger partial charge on any atom is -0.457 e. The fourth-order valence-corrected chi connectivity index (χ4v) is 2.40. The standard InChI is InChI=1S/C17H21FO3/c1-16(2,3)14(19)11-21-15(20)17(9-4-10-17)12-5-7-13(18)8-6-12/h5-8H,4,9-11H2,1-3H3. The number of halogens is 1. The van der Waals surface area contributed by atoms with Crippen molar-refractivity contribution in [1.82, 2.24) is 0 Å². The summed E-state index contributed by atoms with van der Waals surface area (Å²) in [7, 11) is 0. The van der Waals surface area contributed by atoms with Gasteiger partial charge in [-0.2, -0.15) is 0 Å². The molecule has 0 saturated heterocycles. The first-order valence-electron chi connectivity index (χ1n) is 7.22. The number of ketones is 1. The van der Waals surface area contributed by atoms with Gasteiger partial charge in [0.1, 0.15) is 5.82 Å². The summed E-state index contributed by atoms with van der Waals surface area (Å²) in [6.45, 7) is 5.18. The quantitative estimate of drug-likeness (QED) is 0.799. The molecule has 1 aromatic carbocycles. The number of carbonyl (C=O) groups excluding carboxylic acids is 2. The molecule has 1 aliphatic carbocycles. The monoisotopic (exact) mass is 292 g/mol. The third-order valence-electron chi connectivity index (χ3n) is 4.17. The van der Waals surface area contributed by atoms with Gasteiger partial charge in [-0.15, -0.1) is 0 Å². The van der Waals surface area contributed by atoms with Crippen molar-refractivity contribution in [3.8, 4) is 0 Å². The van der Waals surface area contributed by atoms with Crippen LogP contribution in [-0.4, -0.2) is 18.4 Å². The summed E-state index contributed by atoms with van der Waals surface area (Å²) < 4.78 is 18.3. The van der Waals surface area contributed by atoms with E-state index in [9.17, 15) is 14.0 Å². The lowest BCUT2D eigenvalue weighted by molar-refractivity contribution is -0.158. The van der Waals surface area contributed by atoms with E-state index in [-0.39, 0.29) is 24.2 Å². The van der Waals surface area contributed by atoms with Crippen molar-refractivity contribution in [2.75, 3.05) is 6.61 Å². The van der Waals surface area contributed by atoms with Gasteiger partial charge in [0.15, 0.2) is 12.4 Å². The summed E-state index contributed by atoms with van der Waals surface area (Å²) in [5, 5.41) is 0.